The molecule has 0 unspecified atom stereocenters. The van der Waals surface area contributed by atoms with E-state index in [-0.39, 0.29) is 18.5 Å². The third kappa shape index (κ3) is 4.10. The van der Waals surface area contributed by atoms with E-state index >= 15 is 0 Å². The van der Waals surface area contributed by atoms with E-state index in [0.29, 0.717) is 27.7 Å². The van der Waals surface area contributed by atoms with Crippen molar-refractivity contribution >= 4 is 17.6 Å². The van der Waals surface area contributed by atoms with Crippen LogP contribution < -0.4 is 0 Å². The van der Waals surface area contributed by atoms with E-state index in [4.69, 9.17) is 16.3 Å². The molecular formula is C21H20ClN3O3. The minimum atomic E-state index is -0.617. The second-order valence-electron chi connectivity index (χ2n) is 7.38. The predicted molar refractivity (Wildman–Crippen MR) is 106 cm³/mol. The Labute approximate surface area is 168 Å². The summed E-state index contributed by atoms with van der Waals surface area (Å²) in [6.07, 6.45) is 1.40. The summed E-state index contributed by atoms with van der Waals surface area (Å²) in [6.45, 7) is 7.13. The number of fused-ring (bicyclic) bond motifs is 1. The van der Waals surface area contributed by atoms with E-state index in [9.17, 15) is 9.90 Å². The number of halogens is 1. The maximum Gasteiger partial charge on any atom is 0.311 e. The van der Waals surface area contributed by atoms with Crippen LogP contribution >= 0.6 is 11.6 Å². The Morgan fingerprint density at radius 1 is 1.29 bits per heavy atom. The lowest BCUT2D eigenvalue weighted by atomic mass is 9.97. The maximum atomic E-state index is 12.1. The molecule has 6 nitrogen and oxygen atoms in total. The van der Waals surface area contributed by atoms with Crippen LogP contribution in [-0.2, 0) is 16.1 Å². The topological polar surface area (TPSA) is 77.2 Å². The van der Waals surface area contributed by atoms with Crippen LogP contribution in [0.15, 0.2) is 30.6 Å². The Hall–Kier alpha value is -3.04. The molecule has 1 aromatic rings. The van der Waals surface area contributed by atoms with Crippen molar-refractivity contribution in [2.24, 2.45) is 5.41 Å². The van der Waals surface area contributed by atoms with E-state index in [1.165, 1.54) is 10.9 Å². The molecule has 0 bridgehead atoms. The van der Waals surface area contributed by atoms with Gasteiger partial charge < -0.3 is 9.84 Å². The zero-order valence-corrected chi connectivity index (χ0v) is 16.8. The summed E-state index contributed by atoms with van der Waals surface area (Å²) >= 11 is 5.87. The predicted octanol–water partition coefficient (Wildman–Crippen LogP) is 4.00. The van der Waals surface area contributed by atoms with Gasteiger partial charge in [0.25, 0.3) is 0 Å². The summed E-state index contributed by atoms with van der Waals surface area (Å²) in [5.41, 5.74) is 1.80. The van der Waals surface area contributed by atoms with Gasteiger partial charge >= 0.3 is 5.97 Å². The summed E-state index contributed by atoms with van der Waals surface area (Å²) in [4.78, 5) is 20.7. The summed E-state index contributed by atoms with van der Waals surface area (Å²) in [7, 11) is 0. The van der Waals surface area contributed by atoms with Crippen LogP contribution in [0.3, 0.4) is 0 Å². The maximum absolute atomic E-state index is 12.1. The average molecular weight is 398 g/mol. The molecule has 0 aromatic heterocycles. The Morgan fingerprint density at radius 3 is 2.61 bits per heavy atom. The molecular weight excluding hydrogens is 378 g/mol. The molecule has 0 atom stereocenters. The summed E-state index contributed by atoms with van der Waals surface area (Å²) < 4.78 is 6.71. The first-order chi connectivity index (χ1) is 13.2. The SMILES string of the molecule is Cc1nc2ncn(C#Cc3ccc(Cl)cc3)c(O)c-2c1COC(=O)C(C)(C)C. The Morgan fingerprint density at radius 2 is 1.96 bits per heavy atom. The Kier molecular flexibility index (Phi) is 5.30. The van der Waals surface area contributed by atoms with Crippen molar-refractivity contribution in [3.05, 3.63) is 52.4 Å². The molecule has 144 valence electrons. The second kappa shape index (κ2) is 7.53. The first kappa shape index (κ1) is 19.7. The molecule has 0 spiro atoms. The highest BCUT2D eigenvalue weighted by atomic mass is 35.5. The number of benzene rings is 1. The highest BCUT2D eigenvalue weighted by Crippen LogP contribution is 2.35. The number of rotatable bonds is 2. The lowest BCUT2D eigenvalue weighted by Crippen LogP contribution is -2.22. The minimum Gasteiger partial charge on any atom is -0.493 e. The molecule has 7 heteroatoms. The van der Waals surface area contributed by atoms with Gasteiger partial charge in [-0.1, -0.05) is 11.6 Å². The van der Waals surface area contributed by atoms with E-state index < -0.39 is 5.41 Å². The number of esters is 1. The first-order valence-corrected chi connectivity index (χ1v) is 9.05. The third-order valence-electron chi connectivity index (χ3n) is 4.11. The Balaban J connectivity index is 1.95. The van der Waals surface area contributed by atoms with Crippen molar-refractivity contribution in [3.8, 4) is 29.2 Å². The van der Waals surface area contributed by atoms with Crippen LogP contribution in [0.4, 0.5) is 0 Å². The smallest absolute Gasteiger partial charge is 0.311 e. The number of aryl methyl sites for hydroxylation is 1. The molecule has 0 fully saturated rings. The molecule has 0 radical (unpaired) electrons. The number of hydrogen-bond donors (Lipinski definition) is 1. The first-order valence-electron chi connectivity index (χ1n) is 8.67. The Bertz CT molecular complexity index is 1050. The number of carbonyl (C=O) groups excluding carboxylic acids is 1. The number of carbonyl (C=O) groups is 1. The zero-order valence-electron chi connectivity index (χ0n) is 16.1. The van der Waals surface area contributed by atoms with Gasteiger partial charge in [-0.15, -0.1) is 0 Å². The van der Waals surface area contributed by atoms with E-state index in [1.54, 1.807) is 52.0 Å². The quantitative estimate of drug-likeness (QED) is 0.522. The fraction of sp³-hybridized carbons (Fsp3) is 0.286. The molecule has 0 aliphatic carbocycles. The molecule has 2 heterocycles. The number of hydrogen-bond acceptors (Lipinski definition) is 5. The molecule has 0 amide bonds. The lowest BCUT2D eigenvalue weighted by molar-refractivity contribution is -0.154. The lowest BCUT2D eigenvalue weighted by Gasteiger charge is -2.17. The monoisotopic (exact) mass is 397 g/mol. The van der Waals surface area contributed by atoms with Crippen molar-refractivity contribution in [1.82, 2.24) is 14.5 Å². The van der Waals surface area contributed by atoms with Crippen molar-refractivity contribution in [1.29, 1.82) is 0 Å². The fourth-order valence-corrected chi connectivity index (χ4v) is 2.61. The van der Waals surface area contributed by atoms with Crippen LogP contribution in [0, 0.1) is 24.3 Å². The second-order valence-corrected chi connectivity index (χ2v) is 7.82. The van der Waals surface area contributed by atoms with E-state index in [0.717, 1.165) is 5.56 Å². The third-order valence-corrected chi connectivity index (χ3v) is 4.36. The highest BCUT2D eigenvalue weighted by molar-refractivity contribution is 6.30. The van der Waals surface area contributed by atoms with Gasteiger partial charge in [0.2, 0.25) is 5.88 Å². The van der Waals surface area contributed by atoms with E-state index in [2.05, 4.69) is 21.9 Å². The molecule has 2 aliphatic heterocycles. The minimum absolute atomic E-state index is 0.00228. The van der Waals surface area contributed by atoms with Crippen molar-refractivity contribution < 1.29 is 14.6 Å². The fourth-order valence-electron chi connectivity index (χ4n) is 2.48. The van der Waals surface area contributed by atoms with Crippen molar-refractivity contribution in [3.63, 3.8) is 0 Å². The van der Waals surface area contributed by atoms with Gasteiger partial charge in [0, 0.05) is 27.9 Å². The van der Waals surface area contributed by atoms with Crippen LogP contribution in [0.2, 0.25) is 5.02 Å². The molecule has 28 heavy (non-hydrogen) atoms. The normalized spacial score (nSPS) is 11.2. The molecule has 1 aromatic carbocycles. The van der Waals surface area contributed by atoms with Crippen LogP contribution in [0.25, 0.3) is 11.4 Å². The molecule has 2 aliphatic rings. The van der Waals surface area contributed by atoms with Gasteiger partial charge in [-0.05, 0) is 57.9 Å². The van der Waals surface area contributed by atoms with Gasteiger partial charge in [-0.25, -0.2) is 14.5 Å². The zero-order chi connectivity index (χ0) is 20.5. The number of nitrogens with zero attached hydrogens (tertiary/aromatic N) is 3. The summed E-state index contributed by atoms with van der Waals surface area (Å²) in [5.74, 6) is 2.88. The standard InChI is InChI=1S/C21H20ClN3O3/c1-13-16(11-28-20(27)21(2,3)4)17-18(24-13)23-12-25(19(17)26)10-9-14-5-7-15(22)8-6-14/h5-8,12,26H,11H2,1-4H3. The highest BCUT2D eigenvalue weighted by Gasteiger charge is 2.27. The summed E-state index contributed by atoms with van der Waals surface area (Å²) in [5, 5.41) is 11.3. The van der Waals surface area contributed by atoms with Gasteiger partial charge in [0.15, 0.2) is 5.82 Å². The molecule has 3 rings (SSSR count). The molecule has 0 saturated heterocycles. The largest absolute Gasteiger partial charge is 0.493 e. The number of aromatic nitrogens is 3. The van der Waals surface area contributed by atoms with Gasteiger partial charge in [-0.3, -0.25) is 4.79 Å². The number of ether oxygens (including phenoxy) is 1. The van der Waals surface area contributed by atoms with Gasteiger partial charge in [0.05, 0.1) is 11.0 Å². The van der Waals surface area contributed by atoms with Crippen molar-refractivity contribution in [2.45, 2.75) is 34.3 Å². The van der Waals surface area contributed by atoms with Crippen LogP contribution in [-0.4, -0.2) is 25.6 Å². The molecule has 1 N–H and O–H groups in total. The van der Waals surface area contributed by atoms with Crippen LogP contribution in [0.1, 0.15) is 37.6 Å². The molecule has 0 saturated carbocycles. The van der Waals surface area contributed by atoms with E-state index in [1.807, 2.05) is 0 Å². The average Bonchev–Trinajstić information content (AvgIpc) is 2.95. The number of aromatic hydroxyl groups is 1. The van der Waals surface area contributed by atoms with Crippen LogP contribution in [0.5, 0.6) is 5.88 Å². The van der Waals surface area contributed by atoms with Gasteiger partial charge in [0.1, 0.15) is 12.9 Å². The summed E-state index contributed by atoms with van der Waals surface area (Å²) in [6, 6.07) is 9.89. The van der Waals surface area contributed by atoms with Crippen molar-refractivity contribution in [2.75, 3.05) is 0 Å². The van der Waals surface area contributed by atoms with Gasteiger partial charge in [-0.2, -0.15) is 0 Å².